The Balaban J connectivity index is 1.68. The summed E-state index contributed by atoms with van der Waals surface area (Å²) in [5, 5.41) is 11.1. The third-order valence-corrected chi connectivity index (χ3v) is 4.04. The molecule has 0 spiro atoms. The minimum atomic E-state index is -0.442. The van der Waals surface area contributed by atoms with E-state index in [1.165, 1.54) is 6.33 Å². The molecule has 0 saturated carbocycles. The maximum atomic E-state index is 11.9. The van der Waals surface area contributed by atoms with E-state index in [1.807, 2.05) is 12.1 Å². The van der Waals surface area contributed by atoms with Gasteiger partial charge in [-0.05, 0) is 24.3 Å². The van der Waals surface area contributed by atoms with Crippen LogP contribution in [-0.2, 0) is 17.9 Å². The molecule has 1 aliphatic heterocycles. The van der Waals surface area contributed by atoms with E-state index < -0.39 is 6.03 Å². The van der Waals surface area contributed by atoms with Crippen molar-refractivity contribution in [3.8, 4) is 11.4 Å². The van der Waals surface area contributed by atoms with Crippen LogP contribution in [0.25, 0.3) is 5.69 Å². The molecule has 0 atom stereocenters. The molecule has 138 valence electrons. The van der Waals surface area contributed by atoms with Gasteiger partial charge in [0.2, 0.25) is 5.91 Å². The number of carbonyl (C=O) groups is 2. The first-order chi connectivity index (χ1) is 13.1. The summed E-state index contributed by atoms with van der Waals surface area (Å²) in [7, 11) is 1.59. The van der Waals surface area contributed by atoms with Gasteiger partial charge in [-0.1, -0.05) is 0 Å². The number of ether oxygens (including phenoxy) is 1. The third-order valence-electron chi connectivity index (χ3n) is 4.04. The zero-order valence-electron chi connectivity index (χ0n) is 14.4. The van der Waals surface area contributed by atoms with Gasteiger partial charge in [0.25, 0.3) is 0 Å². The maximum absolute atomic E-state index is 11.9. The van der Waals surface area contributed by atoms with Gasteiger partial charge < -0.3 is 10.1 Å². The average Bonchev–Trinajstić information content (AvgIpc) is 3.40. The second-order valence-corrected chi connectivity index (χ2v) is 5.79. The van der Waals surface area contributed by atoms with E-state index in [0.29, 0.717) is 23.9 Å². The molecule has 3 heterocycles. The van der Waals surface area contributed by atoms with Crippen LogP contribution in [0.5, 0.6) is 5.75 Å². The molecule has 1 aliphatic rings. The Kier molecular flexibility index (Phi) is 4.24. The highest BCUT2D eigenvalue weighted by atomic mass is 16.5. The van der Waals surface area contributed by atoms with E-state index in [0.717, 1.165) is 10.6 Å². The van der Waals surface area contributed by atoms with Crippen LogP contribution in [0.2, 0.25) is 0 Å². The van der Waals surface area contributed by atoms with Gasteiger partial charge in [0, 0.05) is 0 Å². The Morgan fingerprint density at radius 2 is 2.00 bits per heavy atom. The summed E-state index contributed by atoms with van der Waals surface area (Å²) in [5.74, 6) is 1.35. The van der Waals surface area contributed by atoms with Crippen LogP contribution in [0.15, 0.2) is 36.9 Å². The van der Waals surface area contributed by atoms with E-state index >= 15 is 0 Å². The summed E-state index contributed by atoms with van der Waals surface area (Å²) in [6, 6.07) is 6.80. The molecule has 0 aliphatic carbocycles. The molecule has 0 radical (unpaired) electrons. The predicted octanol–water partition coefficient (Wildman–Crippen LogP) is -0.0325. The number of nitrogens with zero attached hydrogens (tertiary/aromatic N) is 7. The van der Waals surface area contributed by atoms with E-state index in [1.54, 1.807) is 34.9 Å². The first kappa shape index (κ1) is 16.7. The van der Waals surface area contributed by atoms with E-state index in [9.17, 15) is 9.59 Å². The Morgan fingerprint density at radius 1 is 1.19 bits per heavy atom. The molecule has 4 rings (SSSR count). The molecule has 1 fully saturated rings. The van der Waals surface area contributed by atoms with Gasteiger partial charge in [-0.3, -0.25) is 9.69 Å². The normalized spacial score (nSPS) is 13.9. The van der Waals surface area contributed by atoms with Crippen molar-refractivity contribution in [3.05, 3.63) is 48.6 Å². The number of carbonyl (C=O) groups excluding carboxylic acids is 2. The quantitative estimate of drug-likeness (QED) is 0.607. The van der Waals surface area contributed by atoms with Gasteiger partial charge in [0.1, 0.15) is 24.9 Å². The topological polar surface area (TPSA) is 120 Å². The average molecular weight is 368 g/mol. The van der Waals surface area contributed by atoms with E-state index in [2.05, 4.69) is 25.5 Å². The maximum Gasteiger partial charge on any atom is 0.325 e. The minimum Gasteiger partial charge on any atom is -0.497 e. The molecular weight excluding hydrogens is 352 g/mol. The number of aromatic nitrogens is 6. The number of urea groups is 1. The molecule has 27 heavy (non-hydrogen) atoms. The first-order valence-corrected chi connectivity index (χ1v) is 8.14. The Bertz CT molecular complexity index is 948. The van der Waals surface area contributed by atoms with Gasteiger partial charge in [-0.15, -0.1) is 5.10 Å². The molecule has 1 aromatic carbocycles. The number of rotatable bonds is 6. The highest BCUT2D eigenvalue weighted by Gasteiger charge is 2.30. The fourth-order valence-electron chi connectivity index (χ4n) is 2.71. The molecular formula is C16H16N8O3. The van der Waals surface area contributed by atoms with Crippen molar-refractivity contribution in [2.45, 2.75) is 13.1 Å². The Hall–Kier alpha value is -3.76. The van der Waals surface area contributed by atoms with Crippen molar-refractivity contribution >= 4 is 11.9 Å². The molecule has 3 amide bonds. The van der Waals surface area contributed by atoms with Crippen molar-refractivity contribution in [1.29, 1.82) is 0 Å². The number of benzene rings is 1. The lowest BCUT2D eigenvalue weighted by Crippen LogP contribution is -2.31. The zero-order valence-corrected chi connectivity index (χ0v) is 14.4. The van der Waals surface area contributed by atoms with Crippen molar-refractivity contribution in [1.82, 2.24) is 39.7 Å². The van der Waals surface area contributed by atoms with Crippen LogP contribution < -0.4 is 10.1 Å². The highest BCUT2D eigenvalue weighted by molar-refractivity contribution is 6.01. The number of hydrogen-bond donors (Lipinski definition) is 1. The first-order valence-electron chi connectivity index (χ1n) is 8.14. The van der Waals surface area contributed by atoms with Gasteiger partial charge in [0.05, 0.1) is 25.9 Å². The molecule has 11 heteroatoms. The molecule has 0 bridgehead atoms. The van der Waals surface area contributed by atoms with Gasteiger partial charge in [0.15, 0.2) is 11.6 Å². The van der Waals surface area contributed by atoms with Gasteiger partial charge in [-0.25, -0.2) is 24.1 Å². The predicted molar refractivity (Wildman–Crippen MR) is 91.0 cm³/mol. The number of hydrogen-bond acceptors (Lipinski definition) is 7. The fourth-order valence-corrected chi connectivity index (χ4v) is 2.71. The lowest BCUT2D eigenvalue weighted by atomic mass is 10.3. The van der Waals surface area contributed by atoms with E-state index in [4.69, 9.17) is 4.74 Å². The molecule has 11 nitrogen and oxygen atoms in total. The smallest absolute Gasteiger partial charge is 0.325 e. The summed E-state index contributed by atoms with van der Waals surface area (Å²) < 4.78 is 8.37. The lowest BCUT2D eigenvalue weighted by molar-refractivity contribution is -0.125. The van der Waals surface area contributed by atoms with Crippen molar-refractivity contribution < 1.29 is 14.3 Å². The third kappa shape index (κ3) is 3.34. The van der Waals surface area contributed by atoms with Crippen LogP contribution in [0, 0.1) is 0 Å². The number of methoxy groups -OCH3 is 1. The van der Waals surface area contributed by atoms with Crippen LogP contribution in [0.3, 0.4) is 0 Å². The highest BCUT2D eigenvalue weighted by Crippen LogP contribution is 2.17. The second-order valence-electron chi connectivity index (χ2n) is 5.79. The Labute approximate surface area is 153 Å². The van der Waals surface area contributed by atoms with Crippen LogP contribution in [0.1, 0.15) is 11.6 Å². The second kappa shape index (κ2) is 6.86. The number of amides is 3. The fraction of sp³-hybridized carbons (Fsp3) is 0.250. The largest absolute Gasteiger partial charge is 0.497 e. The molecule has 0 unspecified atom stereocenters. The Morgan fingerprint density at radius 3 is 2.63 bits per heavy atom. The van der Waals surface area contributed by atoms with Crippen molar-refractivity contribution in [2.24, 2.45) is 0 Å². The molecule has 2 aromatic heterocycles. The molecule has 3 aromatic rings. The van der Waals surface area contributed by atoms with E-state index in [-0.39, 0.29) is 19.0 Å². The summed E-state index contributed by atoms with van der Waals surface area (Å²) in [5.41, 5.74) is 0.732. The summed E-state index contributed by atoms with van der Waals surface area (Å²) >= 11 is 0. The van der Waals surface area contributed by atoms with Crippen LogP contribution >= 0.6 is 0 Å². The van der Waals surface area contributed by atoms with Crippen molar-refractivity contribution in [2.75, 3.05) is 13.7 Å². The van der Waals surface area contributed by atoms with Gasteiger partial charge in [-0.2, -0.15) is 5.10 Å². The summed E-state index contributed by atoms with van der Waals surface area (Å²) in [6.45, 7) is 0.318. The standard InChI is InChI=1S/C16H16N8O3/c1-27-12-4-2-11(3-5-12)24-14(8-23-15(25)6-18-16(23)26)20-13(21-24)7-22-10-17-9-19-22/h2-5,9-10H,6-8H2,1H3,(H,18,26). The monoisotopic (exact) mass is 368 g/mol. The SMILES string of the molecule is COc1ccc(-n2nc(Cn3cncn3)nc2CN2C(=O)CNC2=O)cc1. The van der Waals surface area contributed by atoms with Crippen molar-refractivity contribution in [3.63, 3.8) is 0 Å². The summed E-state index contributed by atoms with van der Waals surface area (Å²) in [4.78, 5) is 33.3. The lowest BCUT2D eigenvalue weighted by Gasteiger charge is -2.12. The number of imide groups is 1. The summed E-state index contributed by atoms with van der Waals surface area (Å²) in [6.07, 6.45) is 2.99. The van der Waals surface area contributed by atoms with Crippen LogP contribution in [-0.4, -0.2) is 60.0 Å². The molecule has 1 N–H and O–H groups in total. The number of nitrogens with one attached hydrogen (secondary N) is 1. The molecule has 1 saturated heterocycles. The van der Waals surface area contributed by atoms with Gasteiger partial charge >= 0.3 is 6.03 Å². The zero-order chi connectivity index (χ0) is 18.8. The minimum absolute atomic E-state index is 0.0126. The van der Waals surface area contributed by atoms with Crippen LogP contribution in [0.4, 0.5) is 4.79 Å².